The molecule has 12 rings (SSSR count). The van der Waals surface area contributed by atoms with Gasteiger partial charge in [0.05, 0.1) is 11.1 Å². The second-order valence-electron chi connectivity index (χ2n) is 15.4. The Morgan fingerprint density at radius 1 is 0.448 bits per heavy atom. The third kappa shape index (κ3) is 4.77. The van der Waals surface area contributed by atoms with Gasteiger partial charge in [0.1, 0.15) is 17.7 Å². The summed E-state index contributed by atoms with van der Waals surface area (Å²) in [5, 5.41) is 8.81. The van der Waals surface area contributed by atoms with Gasteiger partial charge in [-0.1, -0.05) is 182 Å². The molecular weight excluding hydrogens is 705 g/mol. The van der Waals surface area contributed by atoms with Gasteiger partial charge in [-0.2, -0.15) is 0 Å². The third-order valence-corrected chi connectivity index (χ3v) is 12.4. The molecule has 3 aliphatic rings. The molecule has 0 bridgehead atoms. The van der Waals surface area contributed by atoms with Crippen LogP contribution in [-0.2, 0) is 5.41 Å². The zero-order chi connectivity index (χ0) is 38.2. The number of aliphatic imine (C=N–C) groups is 1. The maximum Gasteiger partial charge on any atom is 0.145 e. The molecule has 2 aliphatic heterocycles. The van der Waals surface area contributed by atoms with Crippen LogP contribution in [0.15, 0.2) is 211 Å². The second kappa shape index (κ2) is 12.8. The van der Waals surface area contributed by atoms with Crippen LogP contribution in [0.2, 0.25) is 0 Å². The molecule has 3 nitrogen and oxygen atoms in total. The first-order valence-electron chi connectivity index (χ1n) is 20.0. The van der Waals surface area contributed by atoms with Crippen molar-refractivity contribution >= 4 is 33.0 Å². The molecule has 1 unspecified atom stereocenters. The minimum absolute atomic E-state index is 0.237. The number of nitrogens with one attached hydrogen (secondary N) is 1. The molecule has 1 spiro atoms. The number of allylic oxidation sites excluding steroid dienone is 1. The molecule has 2 heterocycles. The van der Waals surface area contributed by atoms with E-state index in [0.29, 0.717) is 0 Å². The van der Waals surface area contributed by atoms with Crippen LogP contribution >= 0.6 is 0 Å². The number of fused-ring (bicyclic) bond motifs is 14. The van der Waals surface area contributed by atoms with Crippen LogP contribution in [0, 0.1) is 0 Å². The molecule has 0 radical (unpaired) electrons. The highest BCUT2D eigenvalue weighted by molar-refractivity contribution is 6.19. The minimum Gasteiger partial charge on any atom is -0.457 e. The lowest BCUT2D eigenvalue weighted by molar-refractivity contribution is 0.437. The van der Waals surface area contributed by atoms with E-state index in [1.165, 1.54) is 60.5 Å². The average Bonchev–Trinajstić information content (AvgIpc) is 3.60. The SMILES string of the molecule is C1=C(c2ccccc2)NC(c2ccc(-c3ccc4c(c3)C3(c5ccccc5Oc5ccccc53)c3c-4c4ccccc4c4ccccc34)cc2)N=C1c1ccccc1. The highest BCUT2D eigenvalue weighted by Gasteiger charge is 2.52. The van der Waals surface area contributed by atoms with Gasteiger partial charge >= 0.3 is 0 Å². The van der Waals surface area contributed by atoms with Gasteiger partial charge in [-0.05, 0) is 95.9 Å². The first kappa shape index (κ1) is 32.7. The van der Waals surface area contributed by atoms with Crippen LogP contribution in [0.25, 0.3) is 49.5 Å². The predicted octanol–water partition coefficient (Wildman–Crippen LogP) is 13.3. The first-order valence-corrected chi connectivity index (χ1v) is 20.0. The monoisotopic (exact) mass is 740 g/mol. The van der Waals surface area contributed by atoms with Gasteiger partial charge in [0.2, 0.25) is 0 Å². The van der Waals surface area contributed by atoms with Gasteiger partial charge in [0, 0.05) is 16.8 Å². The fourth-order valence-corrected chi connectivity index (χ4v) is 9.85. The highest BCUT2D eigenvalue weighted by Crippen LogP contribution is 2.65. The van der Waals surface area contributed by atoms with Gasteiger partial charge in [0.15, 0.2) is 0 Å². The van der Waals surface area contributed by atoms with Crippen LogP contribution in [0.5, 0.6) is 11.5 Å². The number of rotatable bonds is 4. The summed E-state index contributed by atoms with van der Waals surface area (Å²) in [6.07, 6.45) is 1.92. The molecule has 58 heavy (non-hydrogen) atoms. The van der Waals surface area contributed by atoms with Crippen molar-refractivity contribution in [2.75, 3.05) is 0 Å². The molecule has 0 saturated carbocycles. The molecule has 9 aromatic rings. The van der Waals surface area contributed by atoms with Gasteiger partial charge in [0.25, 0.3) is 0 Å². The smallest absolute Gasteiger partial charge is 0.145 e. The van der Waals surface area contributed by atoms with E-state index in [-0.39, 0.29) is 6.17 Å². The van der Waals surface area contributed by atoms with Crippen LogP contribution < -0.4 is 10.1 Å². The summed E-state index contributed by atoms with van der Waals surface area (Å²) in [4.78, 5) is 5.24. The molecule has 0 amide bonds. The van der Waals surface area contributed by atoms with Gasteiger partial charge < -0.3 is 10.1 Å². The lowest BCUT2D eigenvalue weighted by Gasteiger charge is -2.40. The third-order valence-electron chi connectivity index (χ3n) is 12.4. The maximum atomic E-state index is 6.73. The van der Waals surface area contributed by atoms with E-state index < -0.39 is 5.41 Å². The Hall–Kier alpha value is -7.49. The second-order valence-corrected chi connectivity index (χ2v) is 15.4. The zero-order valence-corrected chi connectivity index (χ0v) is 31.6. The molecule has 1 N–H and O–H groups in total. The standard InChI is InChI=1S/C55H36N2O/c1-3-15-36(16-4-1)48-34-49(37-17-5-2-6-18-37)57-54(56-48)38-29-27-35(28-30-38)39-31-32-44-47(33-39)55(45-23-11-13-25-50(45)58-51-26-14-12-24-46(51)55)53-43-22-10-8-20-41(43)40-19-7-9-21-42(40)52(44)53/h1-34,54,56H. The Morgan fingerprint density at radius 2 is 1.00 bits per heavy atom. The molecule has 0 fully saturated rings. The molecule has 3 heteroatoms. The summed E-state index contributed by atoms with van der Waals surface area (Å²) in [6.45, 7) is 0. The van der Waals surface area contributed by atoms with Crippen molar-refractivity contribution in [1.82, 2.24) is 5.32 Å². The molecule has 1 atom stereocenters. The summed E-state index contributed by atoms with van der Waals surface area (Å²) >= 11 is 0. The molecule has 0 saturated heterocycles. The number of hydrogen-bond donors (Lipinski definition) is 1. The fraction of sp³-hybridized carbons (Fsp3) is 0.0364. The first-order chi connectivity index (χ1) is 28.8. The molecule has 272 valence electrons. The molecule has 0 aromatic heterocycles. The summed E-state index contributed by atoms with van der Waals surface area (Å²) in [5.74, 6) is 1.79. The highest BCUT2D eigenvalue weighted by atomic mass is 16.5. The van der Waals surface area contributed by atoms with Gasteiger partial charge in [-0.3, -0.25) is 4.99 Å². The van der Waals surface area contributed by atoms with Crippen LogP contribution in [0.1, 0.15) is 45.1 Å². The normalized spacial score (nSPS) is 15.7. The van der Waals surface area contributed by atoms with Crippen molar-refractivity contribution < 1.29 is 4.74 Å². The number of ether oxygens (including phenoxy) is 1. The van der Waals surface area contributed by atoms with Crippen molar-refractivity contribution in [3.8, 4) is 33.8 Å². The van der Waals surface area contributed by atoms with Crippen molar-refractivity contribution in [2.45, 2.75) is 11.6 Å². The summed E-state index contributed by atoms with van der Waals surface area (Å²) in [6, 6.07) is 72.2. The Bertz CT molecular complexity index is 3120. The van der Waals surface area contributed by atoms with Crippen molar-refractivity contribution in [2.24, 2.45) is 4.99 Å². The molecular formula is C55H36N2O. The number of hydrogen-bond acceptors (Lipinski definition) is 3. The number of para-hydroxylation sites is 2. The molecule has 9 aromatic carbocycles. The Balaban J connectivity index is 1.04. The Kier molecular flexibility index (Phi) is 7.21. The predicted molar refractivity (Wildman–Crippen MR) is 238 cm³/mol. The van der Waals surface area contributed by atoms with Crippen molar-refractivity contribution in [1.29, 1.82) is 0 Å². The minimum atomic E-state index is -0.607. The quantitative estimate of drug-likeness (QED) is 0.182. The van der Waals surface area contributed by atoms with Gasteiger partial charge in [-0.15, -0.1) is 0 Å². The lowest BCUT2D eigenvalue weighted by atomic mass is 9.64. The van der Waals surface area contributed by atoms with E-state index in [1.807, 2.05) is 6.07 Å². The summed E-state index contributed by atoms with van der Waals surface area (Å²) < 4.78 is 6.73. The molecule has 1 aliphatic carbocycles. The van der Waals surface area contributed by atoms with Gasteiger partial charge in [-0.25, -0.2) is 0 Å². The Morgan fingerprint density at radius 3 is 1.69 bits per heavy atom. The van der Waals surface area contributed by atoms with E-state index in [9.17, 15) is 0 Å². The number of benzene rings is 9. The Labute approximate surface area is 337 Å². The van der Waals surface area contributed by atoms with E-state index in [1.54, 1.807) is 0 Å². The topological polar surface area (TPSA) is 33.6 Å². The zero-order valence-electron chi connectivity index (χ0n) is 31.6. The summed E-state index contributed by atoms with van der Waals surface area (Å²) in [7, 11) is 0. The van der Waals surface area contributed by atoms with E-state index in [4.69, 9.17) is 9.73 Å². The van der Waals surface area contributed by atoms with Crippen LogP contribution in [0.3, 0.4) is 0 Å². The van der Waals surface area contributed by atoms with E-state index in [2.05, 4.69) is 206 Å². The van der Waals surface area contributed by atoms with Crippen LogP contribution in [0.4, 0.5) is 0 Å². The maximum absolute atomic E-state index is 6.73. The van der Waals surface area contributed by atoms with E-state index in [0.717, 1.165) is 45.2 Å². The lowest BCUT2D eigenvalue weighted by Crippen LogP contribution is -2.32. The summed E-state index contributed by atoms with van der Waals surface area (Å²) in [5.41, 5.74) is 14.6. The largest absolute Gasteiger partial charge is 0.457 e. The van der Waals surface area contributed by atoms with Crippen molar-refractivity contribution in [3.05, 3.63) is 245 Å². The van der Waals surface area contributed by atoms with Crippen molar-refractivity contribution in [3.63, 3.8) is 0 Å². The van der Waals surface area contributed by atoms with E-state index >= 15 is 0 Å². The average molecular weight is 741 g/mol. The van der Waals surface area contributed by atoms with Crippen LogP contribution in [-0.4, -0.2) is 5.71 Å². The fourth-order valence-electron chi connectivity index (χ4n) is 9.85. The number of nitrogens with zero attached hydrogens (tertiary/aromatic N) is 1.